The average Bonchev–Trinajstić information content (AvgIpc) is 3.30. The minimum atomic E-state index is -0.282. The second-order valence-electron chi connectivity index (χ2n) is 10.1. The van der Waals surface area contributed by atoms with Crippen LogP contribution in [0.3, 0.4) is 0 Å². The minimum Gasteiger partial charge on any atom is -0.489 e. The highest BCUT2D eigenvalue weighted by atomic mass is 35.5. The van der Waals surface area contributed by atoms with Gasteiger partial charge in [0.05, 0.1) is 6.67 Å². The molecule has 3 N–H and O–H groups in total. The minimum absolute atomic E-state index is 0.0882. The molecule has 0 amide bonds. The number of aryl methyl sites for hydroxylation is 1. The van der Waals surface area contributed by atoms with Crippen LogP contribution in [0.1, 0.15) is 53.5 Å². The highest BCUT2D eigenvalue weighted by Crippen LogP contribution is 2.42. The molecule has 3 aromatic rings. The van der Waals surface area contributed by atoms with Gasteiger partial charge in [-0.3, -0.25) is 9.29 Å². The van der Waals surface area contributed by atoms with Crippen molar-refractivity contribution in [1.82, 2.24) is 4.90 Å². The van der Waals surface area contributed by atoms with Gasteiger partial charge in [0.1, 0.15) is 11.9 Å². The molecular weight excluding hydrogens is 536 g/mol. The first-order valence-electron chi connectivity index (χ1n) is 13.3. The average molecular weight is 569 g/mol. The molecule has 5 rings (SSSR count). The Morgan fingerprint density at radius 3 is 2.59 bits per heavy atom. The Morgan fingerprint density at radius 2 is 1.85 bits per heavy atom. The van der Waals surface area contributed by atoms with Crippen molar-refractivity contribution in [1.29, 1.82) is 0 Å². The van der Waals surface area contributed by atoms with E-state index in [1.807, 2.05) is 42.5 Å². The van der Waals surface area contributed by atoms with Crippen molar-refractivity contribution in [2.75, 3.05) is 26.3 Å². The molecule has 0 aromatic heterocycles. The Bertz CT molecular complexity index is 1390. The quantitative estimate of drug-likeness (QED) is 0.131. The topological polar surface area (TPSA) is 71.1 Å². The van der Waals surface area contributed by atoms with Crippen LogP contribution in [-0.4, -0.2) is 48.4 Å². The van der Waals surface area contributed by atoms with Crippen LogP contribution in [0.25, 0.3) is 11.1 Å². The largest absolute Gasteiger partial charge is 0.489 e. The zero-order chi connectivity index (χ0) is 27.4. The lowest BCUT2D eigenvalue weighted by atomic mass is 9.87. The van der Waals surface area contributed by atoms with E-state index in [-0.39, 0.29) is 18.6 Å². The summed E-state index contributed by atoms with van der Waals surface area (Å²) in [7, 11) is 0. The zero-order valence-electron chi connectivity index (χ0n) is 21.7. The summed E-state index contributed by atoms with van der Waals surface area (Å²) in [4.78, 5) is 2.26. The van der Waals surface area contributed by atoms with Crippen molar-refractivity contribution in [3.63, 3.8) is 0 Å². The molecule has 2 aliphatic rings. The Kier molecular flexibility index (Phi) is 8.75. The lowest BCUT2D eigenvalue weighted by molar-refractivity contribution is 0.198. The van der Waals surface area contributed by atoms with Crippen LogP contribution in [-0.2, 0) is 6.42 Å². The number of benzene rings is 3. The number of nitrogens with two attached hydrogens (primary N) is 1. The maximum atomic E-state index is 12.6. The number of allylic oxidation sites excluding steroid dienone is 1. The van der Waals surface area contributed by atoms with Crippen LogP contribution in [0, 0.1) is 0 Å². The molecule has 204 valence electrons. The monoisotopic (exact) mass is 567 g/mol. The molecule has 0 bridgehead atoms. The first kappa shape index (κ1) is 27.5. The lowest BCUT2D eigenvalue weighted by Crippen LogP contribution is -2.26. The van der Waals surface area contributed by atoms with Gasteiger partial charge in [0, 0.05) is 35.2 Å². The number of fused-ring (bicyclic) bond motifs is 1. The van der Waals surface area contributed by atoms with E-state index in [4.69, 9.17) is 33.7 Å². The summed E-state index contributed by atoms with van der Waals surface area (Å²) in [5.74, 6) is 0.907. The third kappa shape index (κ3) is 6.24. The second-order valence-corrected chi connectivity index (χ2v) is 10.9. The number of halogens is 3. The first-order valence-corrected chi connectivity index (χ1v) is 14.1. The molecule has 1 aliphatic carbocycles. The SMILES string of the molecule is N/C(=N/O)c1ccc2c(c1)CCCC(c1ccc(Cl)cc1Cl)=C2c1ccc(OC2CCN(CCCF)C2)cc1. The van der Waals surface area contributed by atoms with Crippen LogP contribution in [0.2, 0.25) is 10.0 Å². The van der Waals surface area contributed by atoms with Gasteiger partial charge in [-0.15, -0.1) is 0 Å². The Hall–Kier alpha value is -3.06. The van der Waals surface area contributed by atoms with Crippen molar-refractivity contribution in [2.45, 2.75) is 38.2 Å². The summed E-state index contributed by atoms with van der Waals surface area (Å²) >= 11 is 12.9. The molecule has 0 radical (unpaired) electrons. The molecule has 5 nitrogen and oxygen atoms in total. The number of hydrogen-bond donors (Lipinski definition) is 2. The van der Waals surface area contributed by atoms with E-state index in [1.165, 1.54) is 0 Å². The lowest BCUT2D eigenvalue weighted by Gasteiger charge is -2.19. The molecule has 3 aromatic carbocycles. The van der Waals surface area contributed by atoms with Gasteiger partial charge in [0.25, 0.3) is 0 Å². The number of likely N-dealkylation sites (tertiary alicyclic amines) is 1. The smallest absolute Gasteiger partial charge is 0.170 e. The number of nitrogens with zero attached hydrogens (tertiary/aromatic N) is 2. The molecule has 1 atom stereocenters. The number of ether oxygens (including phenoxy) is 1. The molecule has 1 fully saturated rings. The van der Waals surface area contributed by atoms with Crippen molar-refractivity contribution >= 4 is 40.2 Å². The van der Waals surface area contributed by atoms with Crippen molar-refractivity contribution in [2.24, 2.45) is 10.9 Å². The van der Waals surface area contributed by atoms with Crippen LogP contribution >= 0.6 is 23.2 Å². The molecular formula is C31H32Cl2FN3O2. The third-order valence-corrected chi connectivity index (χ3v) is 8.04. The molecule has 0 spiro atoms. The van der Waals surface area contributed by atoms with Gasteiger partial charge in [-0.05, 0) is 95.8 Å². The predicted molar refractivity (Wildman–Crippen MR) is 157 cm³/mol. The second kappa shape index (κ2) is 12.4. The molecule has 1 unspecified atom stereocenters. The van der Waals surface area contributed by atoms with Gasteiger partial charge in [-0.25, -0.2) is 0 Å². The van der Waals surface area contributed by atoms with E-state index < -0.39 is 0 Å². The van der Waals surface area contributed by atoms with E-state index in [1.54, 1.807) is 6.07 Å². The zero-order valence-corrected chi connectivity index (χ0v) is 23.2. The summed E-state index contributed by atoms with van der Waals surface area (Å²) in [6.07, 6.45) is 4.22. The predicted octanol–water partition coefficient (Wildman–Crippen LogP) is 7.20. The van der Waals surface area contributed by atoms with Crippen LogP contribution in [0.5, 0.6) is 5.75 Å². The highest BCUT2D eigenvalue weighted by molar-refractivity contribution is 6.36. The highest BCUT2D eigenvalue weighted by Gasteiger charge is 2.25. The number of alkyl halides is 1. The molecule has 1 saturated heterocycles. The summed E-state index contributed by atoms with van der Waals surface area (Å²) in [6.45, 7) is 2.25. The first-order chi connectivity index (χ1) is 19.0. The summed E-state index contributed by atoms with van der Waals surface area (Å²) in [5, 5.41) is 13.6. The van der Waals surface area contributed by atoms with E-state index in [0.717, 1.165) is 84.5 Å². The van der Waals surface area contributed by atoms with Crippen LogP contribution in [0.15, 0.2) is 65.8 Å². The van der Waals surface area contributed by atoms with Gasteiger partial charge < -0.3 is 15.7 Å². The van der Waals surface area contributed by atoms with Gasteiger partial charge in [0.2, 0.25) is 0 Å². The van der Waals surface area contributed by atoms with Crippen molar-refractivity contribution in [3.8, 4) is 5.75 Å². The summed E-state index contributed by atoms with van der Waals surface area (Å²) < 4.78 is 18.8. The number of hydrogen-bond acceptors (Lipinski definition) is 4. The van der Waals surface area contributed by atoms with Crippen molar-refractivity contribution < 1.29 is 14.3 Å². The van der Waals surface area contributed by atoms with E-state index in [9.17, 15) is 9.60 Å². The number of oxime groups is 1. The third-order valence-electron chi connectivity index (χ3n) is 7.49. The van der Waals surface area contributed by atoms with Crippen LogP contribution < -0.4 is 10.5 Å². The summed E-state index contributed by atoms with van der Waals surface area (Å²) in [6, 6.07) is 19.8. The fourth-order valence-electron chi connectivity index (χ4n) is 5.61. The van der Waals surface area contributed by atoms with E-state index in [0.29, 0.717) is 22.0 Å². The van der Waals surface area contributed by atoms with Gasteiger partial charge in [-0.2, -0.15) is 0 Å². The number of amidine groups is 1. The Balaban J connectivity index is 1.52. The fourth-order valence-corrected chi connectivity index (χ4v) is 6.13. The Morgan fingerprint density at radius 1 is 1.05 bits per heavy atom. The van der Waals surface area contributed by atoms with Crippen LogP contribution in [0.4, 0.5) is 4.39 Å². The fraction of sp³-hybridized carbons (Fsp3) is 0.323. The van der Waals surface area contributed by atoms with Gasteiger partial charge in [-0.1, -0.05) is 58.7 Å². The molecule has 0 saturated carbocycles. The normalized spacial score (nSPS) is 18.2. The maximum Gasteiger partial charge on any atom is 0.170 e. The molecule has 8 heteroatoms. The van der Waals surface area contributed by atoms with E-state index in [2.05, 4.69) is 22.2 Å². The van der Waals surface area contributed by atoms with E-state index >= 15 is 0 Å². The maximum absolute atomic E-state index is 12.6. The molecule has 1 aliphatic heterocycles. The van der Waals surface area contributed by atoms with Gasteiger partial charge in [0.15, 0.2) is 5.84 Å². The van der Waals surface area contributed by atoms with Gasteiger partial charge >= 0.3 is 0 Å². The number of rotatable bonds is 8. The Labute approximate surface area is 238 Å². The summed E-state index contributed by atoms with van der Waals surface area (Å²) in [5.41, 5.74) is 13.1. The molecule has 1 heterocycles. The standard InChI is InChI=1S/C31H32Cl2FN3O2/c32-23-8-12-27(29(33)18-23)28-4-1-3-21-17-22(31(35)36-38)7-11-26(21)30(28)20-5-9-24(10-6-20)39-25-13-16-37(19-25)15-2-14-34/h5-12,17-18,25,38H,1-4,13-16,19H2,(H2,35,36). The molecule has 39 heavy (non-hydrogen) atoms. The van der Waals surface area contributed by atoms with Crippen molar-refractivity contribution in [3.05, 3.63) is 98.5 Å².